The van der Waals surface area contributed by atoms with Crippen molar-refractivity contribution in [1.82, 2.24) is 10.3 Å². The van der Waals surface area contributed by atoms with Crippen molar-refractivity contribution in [1.29, 1.82) is 0 Å². The van der Waals surface area contributed by atoms with Gasteiger partial charge >= 0.3 is 0 Å². The number of amides is 1. The van der Waals surface area contributed by atoms with E-state index in [1.807, 2.05) is 56.3 Å². The average molecular weight is 349 g/mol. The molecule has 2 aromatic carbocycles. The molecule has 0 saturated heterocycles. The highest BCUT2D eigenvalue weighted by Gasteiger charge is 2.19. The molecular formula is C21H23N3O2. The Morgan fingerprint density at radius 1 is 1.00 bits per heavy atom. The van der Waals surface area contributed by atoms with Gasteiger partial charge in [-0.15, -0.1) is 0 Å². The van der Waals surface area contributed by atoms with E-state index in [0.717, 1.165) is 16.7 Å². The van der Waals surface area contributed by atoms with Gasteiger partial charge in [0, 0.05) is 11.1 Å². The number of nitrogens with zero attached hydrogens (tertiary/aromatic N) is 2. The quantitative estimate of drug-likeness (QED) is 0.730. The average Bonchev–Trinajstić information content (AvgIpc) is 3.04. The fraction of sp³-hybridized carbons (Fsp3) is 0.286. The van der Waals surface area contributed by atoms with E-state index < -0.39 is 0 Å². The minimum absolute atomic E-state index is 0.0426. The summed E-state index contributed by atoms with van der Waals surface area (Å²) in [5, 5.41) is 10.7. The zero-order valence-electron chi connectivity index (χ0n) is 15.8. The minimum Gasteiger partial charge on any atom is -0.302 e. The molecule has 5 heteroatoms. The van der Waals surface area contributed by atoms with Gasteiger partial charge in [0.1, 0.15) is 0 Å². The van der Waals surface area contributed by atoms with Gasteiger partial charge in [0.2, 0.25) is 5.82 Å². The Kier molecular flexibility index (Phi) is 4.64. The zero-order valence-corrected chi connectivity index (χ0v) is 15.8. The third kappa shape index (κ3) is 3.67. The highest BCUT2D eigenvalue weighted by Crippen LogP contribution is 2.29. The number of carbonyl (C=O) groups excluding carboxylic acids is 1. The summed E-state index contributed by atoms with van der Waals surface area (Å²) >= 11 is 0. The van der Waals surface area contributed by atoms with Crippen molar-refractivity contribution in [3.63, 3.8) is 0 Å². The second-order valence-electron chi connectivity index (χ2n) is 7.56. The summed E-state index contributed by atoms with van der Waals surface area (Å²) in [6.07, 6.45) is 0. The third-order valence-corrected chi connectivity index (χ3v) is 4.38. The van der Waals surface area contributed by atoms with Gasteiger partial charge < -0.3 is 5.32 Å². The Morgan fingerprint density at radius 3 is 2.35 bits per heavy atom. The zero-order chi connectivity index (χ0) is 18.9. The van der Waals surface area contributed by atoms with Crippen LogP contribution in [0.3, 0.4) is 0 Å². The second kappa shape index (κ2) is 6.75. The van der Waals surface area contributed by atoms with Crippen LogP contribution in [0.1, 0.15) is 47.8 Å². The number of carbonyl (C=O) groups is 1. The molecule has 0 atom stereocenters. The summed E-state index contributed by atoms with van der Waals surface area (Å²) in [6.45, 7) is 10.4. The summed E-state index contributed by atoms with van der Waals surface area (Å²) in [5.41, 5.74) is 5.34. The van der Waals surface area contributed by atoms with Gasteiger partial charge in [-0.2, -0.15) is 0 Å². The predicted octanol–water partition coefficient (Wildman–Crippen LogP) is 4.90. The van der Waals surface area contributed by atoms with Crippen LogP contribution in [0.2, 0.25) is 0 Å². The van der Waals surface area contributed by atoms with Crippen molar-refractivity contribution in [3.05, 3.63) is 64.7 Å². The number of benzene rings is 2. The van der Waals surface area contributed by atoms with Gasteiger partial charge in [-0.25, -0.2) is 4.63 Å². The van der Waals surface area contributed by atoms with Gasteiger partial charge in [-0.1, -0.05) is 50.6 Å². The minimum atomic E-state index is -0.243. The fourth-order valence-corrected chi connectivity index (χ4v) is 2.74. The molecule has 134 valence electrons. The molecular weight excluding hydrogens is 326 g/mol. The van der Waals surface area contributed by atoms with E-state index in [0.29, 0.717) is 17.1 Å². The Bertz CT molecular complexity index is 935. The number of aryl methyl sites for hydroxylation is 2. The van der Waals surface area contributed by atoms with Gasteiger partial charge in [0.15, 0.2) is 5.69 Å². The molecule has 0 bridgehead atoms. The van der Waals surface area contributed by atoms with Crippen molar-refractivity contribution in [2.24, 2.45) is 0 Å². The number of anilines is 1. The maximum Gasteiger partial charge on any atom is 0.256 e. The maximum atomic E-state index is 12.6. The lowest BCUT2D eigenvalue weighted by atomic mass is 9.87. The van der Waals surface area contributed by atoms with Crippen LogP contribution in [-0.4, -0.2) is 16.2 Å². The van der Waals surface area contributed by atoms with Crippen LogP contribution in [0.15, 0.2) is 47.1 Å². The number of nitrogens with one attached hydrogen (secondary N) is 1. The summed E-state index contributed by atoms with van der Waals surface area (Å²) in [4.78, 5) is 12.6. The first kappa shape index (κ1) is 17.9. The van der Waals surface area contributed by atoms with E-state index in [2.05, 4.69) is 36.4 Å². The molecule has 0 unspecified atom stereocenters. The van der Waals surface area contributed by atoms with E-state index in [9.17, 15) is 4.79 Å². The molecule has 0 fully saturated rings. The van der Waals surface area contributed by atoms with Crippen molar-refractivity contribution in [2.75, 3.05) is 5.32 Å². The lowest BCUT2D eigenvalue weighted by molar-refractivity contribution is 0.102. The van der Waals surface area contributed by atoms with E-state index >= 15 is 0 Å². The SMILES string of the molecule is Cc1ccc(C)c(-c2nonc2NC(=O)c2ccc(C(C)(C)C)cc2)c1. The van der Waals surface area contributed by atoms with E-state index in [4.69, 9.17) is 4.63 Å². The Hall–Kier alpha value is -2.95. The molecule has 0 aliphatic rings. The standard InChI is InChI=1S/C21H23N3O2/c1-13-6-7-14(2)17(12-13)18-19(24-26-23-18)22-20(25)15-8-10-16(11-9-15)21(3,4)5/h6-12H,1-5H3,(H,22,24,25). The summed E-state index contributed by atoms with van der Waals surface area (Å²) in [5.74, 6) is 0.0799. The van der Waals surface area contributed by atoms with Gasteiger partial charge in [0.25, 0.3) is 5.91 Å². The molecule has 0 radical (unpaired) electrons. The highest BCUT2D eigenvalue weighted by atomic mass is 16.6. The maximum absolute atomic E-state index is 12.6. The van der Waals surface area contributed by atoms with E-state index in [1.165, 1.54) is 5.56 Å². The van der Waals surface area contributed by atoms with Crippen molar-refractivity contribution >= 4 is 11.7 Å². The van der Waals surface area contributed by atoms with Gasteiger partial charge in [0.05, 0.1) is 0 Å². The van der Waals surface area contributed by atoms with Crippen LogP contribution < -0.4 is 5.32 Å². The molecule has 26 heavy (non-hydrogen) atoms. The molecule has 1 heterocycles. The molecule has 0 saturated carbocycles. The topological polar surface area (TPSA) is 68.0 Å². The van der Waals surface area contributed by atoms with E-state index in [1.54, 1.807) is 0 Å². The summed E-state index contributed by atoms with van der Waals surface area (Å²) in [6, 6.07) is 13.6. The van der Waals surface area contributed by atoms with Crippen molar-refractivity contribution in [2.45, 2.75) is 40.0 Å². The second-order valence-corrected chi connectivity index (χ2v) is 7.56. The Balaban J connectivity index is 1.85. The van der Waals surface area contributed by atoms with Crippen molar-refractivity contribution < 1.29 is 9.42 Å². The smallest absolute Gasteiger partial charge is 0.256 e. The monoisotopic (exact) mass is 349 g/mol. The fourth-order valence-electron chi connectivity index (χ4n) is 2.74. The number of hydrogen-bond donors (Lipinski definition) is 1. The molecule has 3 rings (SSSR count). The molecule has 3 aromatic rings. The van der Waals surface area contributed by atoms with Crippen LogP contribution in [0.5, 0.6) is 0 Å². The number of rotatable bonds is 3. The first-order valence-electron chi connectivity index (χ1n) is 8.58. The normalized spacial score (nSPS) is 11.4. The molecule has 0 aliphatic heterocycles. The predicted molar refractivity (Wildman–Crippen MR) is 102 cm³/mol. The van der Waals surface area contributed by atoms with Crippen LogP contribution in [0, 0.1) is 13.8 Å². The Morgan fingerprint density at radius 2 is 1.69 bits per heavy atom. The molecule has 1 N–H and O–H groups in total. The van der Waals surface area contributed by atoms with Gasteiger partial charge in [-0.05, 0) is 58.9 Å². The lowest BCUT2D eigenvalue weighted by Crippen LogP contribution is -2.15. The first-order chi connectivity index (χ1) is 12.3. The van der Waals surface area contributed by atoms with E-state index in [-0.39, 0.29) is 11.3 Å². The van der Waals surface area contributed by atoms with Crippen molar-refractivity contribution in [3.8, 4) is 11.3 Å². The largest absolute Gasteiger partial charge is 0.302 e. The first-order valence-corrected chi connectivity index (χ1v) is 8.58. The molecule has 0 aliphatic carbocycles. The summed E-state index contributed by atoms with van der Waals surface area (Å²) in [7, 11) is 0. The Labute approximate surface area is 153 Å². The third-order valence-electron chi connectivity index (χ3n) is 4.38. The van der Waals surface area contributed by atoms with Crippen LogP contribution in [0.4, 0.5) is 5.82 Å². The number of aromatic nitrogens is 2. The molecule has 5 nitrogen and oxygen atoms in total. The lowest BCUT2D eigenvalue weighted by Gasteiger charge is -2.19. The molecule has 1 aromatic heterocycles. The van der Waals surface area contributed by atoms with Crippen LogP contribution in [0.25, 0.3) is 11.3 Å². The molecule has 1 amide bonds. The summed E-state index contributed by atoms with van der Waals surface area (Å²) < 4.78 is 4.88. The molecule has 0 spiro atoms. The van der Waals surface area contributed by atoms with Crippen LogP contribution >= 0.6 is 0 Å². The number of hydrogen-bond acceptors (Lipinski definition) is 4. The van der Waals surface area contributed by atoms with Crippen LogP contribution in [-0.2, 0) is 5.41 Å². The van der Waals surface area contributed by atoms with Gasteiger partial charge in [-0.3, -0.25) is 4.79 Å². The highest BCUT2D eigenvalue weighted by molar-refractivity contribution is 6.05.